The lowest BCUT2D eigenvalue weighted by Crippen LogP contribution is -2.60. The molecule has 1 saturated heterocycles. The van der Waals surface area contributed by atoms with Gasteiger partial charge in [0, 0.05) is 17.2 Å². The van der Waals surface area contributed by atoms with Crippen LogP contribution in [0.4, 0.5) is 0 Å². The topological polar surface area (TPSA) is 179 Å². The maximum absolute atomic E-state index is 13.2. The zero-order valence-electron chi connectivity index (χ0n) is 21.0. The highest BCUT2D eigenvalue weighted by Gasteiger charge is 2.45. The summed E-state index contributed by atoms with van der Waals surface area (Å²) in [6.45, 7) is 3.05. The highest BCUT2D eigenvalue weighted by atomic mass is 16.7. The molecule has 5 atom stereocenters. The van der Waals surface area contributed by atoms with Crippen molar-refractivity contribution in [3.05, 3.63) is 57.8 Å². The number of phenolic OH excluding ortho intramolecular Hbond substituents is 1. The quantitative estimate of drug-likeness (QED) is 0.244. The third kappa shape index (κ3) is 5.06. The number of phenols is 1. The number of methoxy groups -OCH3 is 1. The van der Waals surface area contributed by atoms with Crippen molar-refractivity contribution >= 4 is 11.0 Å². The predicted octanol–water partition coefficient (Wildman–Crippen LogP) is 1.57. The maximum Gasteiger partial charge on any atom is 0.238 e. The number of hydrogen-bond donors (Lipinski definition) is 6. The third-order valence-corrected chi connectivity index (χ3v) is 6.34. The molecule has 0 amide bonds. The van der Waals surface area contributed by atoms with Gasteiger partial charge in [-0.05, 0) is 44.5 Å². The first-order valence-electron chi connectivity index (χ1n) is 11.9. The summed E-state index contributed by atoms with van der Waals surface area (Å²) < 4.78 is 22.5. The minimum atomic E-state index is -1.70. The minimum Gasteiger partial charge on any atom is -0.507 e. The number of allylic oxidation sites excluding steroid dienone is 2. The van der Waals surface area contributed by atoms with Gasteiger partial charge in [0.15, 0.2) is 5.76 Å². The second-order valence-corrected chi connectivity index (χ2v) is 9.21. The van der Waals surface area contributed by atoms with Crippen LogP contribution in [-0.4, -0.2) is 75.1 Å². The summed E-state index contributed by atoms with van der Waals surface area (Å²) in [7, 11) is 1.50. The van der Waals surface area contributed by atoms with Crippen molar-refractivity contribution in [2.24, 2.45) is 0 Å². The molecular weight excluding hydrogens is 500 g/mol. The molecule has 204 valence electrons. The van der Waals surface area contributed by atoms with Crippen LogP contribution in [0, 0.1) is 0 Å². The van der Waals surface area contributed by atoms with E-state index in [2.05, 4.69) is 0 Å². The highest BCUT2D eigenvalue weighted by molar-refractivity contribution is 5.91. The summed E-state index contributed by atoms with van der Waals surface area (Å²) in [6.07, 6.45) is -5.77. The number of aromatic hydroxyl groups is 2. The van der Waals surface area contributed by atoms with Crippen molar-refractivity contribution < 1.29 is 49.3 Å². The van der Waals surface area contributed by atoms with Crippen molar-refractivity contribution in [1.29, 1.82) is 0 Å². The van der Waals surface area contributed by atoms with Gasteiger partial charge in [0.2, 0.25) is 17.5 Å². The predicted molar refractivity (Wildman–Crippen MR) is 135 cm³/mol. The van der Waals surface area contributed by atoms with E-state index in [-0.39, 0.29) is 34.5 Å². The molecule has 1 aliphatic heterocycles. The fourth-order valence-electron chi connectivity index (χ4n) is 4.20. The van der Waals surface area contributed by atoms with E-state index in [1.54, 1.807) is 24.3 Å². The number of aliphatic hydroxyl groups is 4. The molecule has 4 rings (SSSR count). The van der Waals surface area contributed by atoms with Crippen LogP contribution in [0.2, 0.25) is 0 Å². The molecule has 3 aromatic rings. The average Bonchev–Trinajstić information content (AvgIpc) is 2.90. The van der Waals surface area contributed by atoms with Crippen LogP contribution in [0.1, 0.15) is 19.4 Å². The fourth-order valence-corrected chi connectivity index (χ4v) is 4.20. The third-order valence-electron chi connectivity index (χ3n) is 6.34. The molecule has 11 nitrogen and oxygen atoms in total. The zero-order valence-corrected chi connectivity index (χ0v) is 21.0. The van der Waals surface area contributed by atoms with Crippen LogP contribution in [0.5, 0.6) is 23.0 Å². The Morgan fingerprint density at radius 1 is 1.05 bits per heavy atom. The van der Waals surface area contributed by atoms with Crippen LogP contribution < -0.4 is 14.9 Å². The molecule has 1 aromatic heterocycles. The molecule has 2 unspecified atom stereocenters. The summed E-state index contributed by atoms with van der Waals surface area (Å²) >= 11 is 0. The first-order valence-corrected chi connectivity index (χ1v) is 11.9. The van der Waals surface area contributed by atoms with Crippen LogP contribution >= 0.6 is 0 Å². The molecule has 0 spiro atoms. The Balaban J connectivity index is 1.90. The molecule has 6 N–H and O–H groups in total. The van der Waals surface area contributed by atoms with E-state index in [0.29, 0.717) is 11.3 Å². The Bertz CT molecular complexity index is 1390. The first-order chi connectivity index (χ1) is 18.1. The van der Waals surface area contributed by atoms with Gasteiger partial charge < -0.3 is 49.3 Å². The van der Waals surface area contributed by atoms with Crippen LogP contribution in [0.15, 0.2) is 51.2 Å². The van der Waals surface area contributed by atoms with E-state index in [0.717, 1.165) is 11.6 Å². The molecule has 0 saturated carbocycles. The number of rotatable bonds is 7. The molecule has 1 fully saturated rings. The fraction of sp³-hybridized carbons (Fsp3) is 0.370. The van der Waals surface area contributed by atoms with E-state index in [1.165, 1.54) is 7.11 Å². The SMILES string of the molecule is COc1ccc(-c2oc3c(CC=C(C)C)c(O[C@@H]4OC(CO)[C@@H](O)[C@@H](O)C4O)cc(O)c3c(=O)c2O)cc1. The van der Waals surface area contributed by atoms with Gasteiger partial charge >= 0.3 is 0 Å². The number of benzene rings is 2. The number of hydrogen-bond acceptors (Lipinski definition) is 11. The van der Waals surface area contributed by atoms with Gasteiger partial charge in [0.05, 0.1) is 13.7 Å². The molecule has 1 aliphatic rings. The van der Waals surface area contributed by atoms with Gasteiger partial charge in [-0.2, -0.15) is 0 Å². The molecule has 0 aliphatic carbocycles. The lowest BCUT2D eigenvalue weighted by atomic mass is 9.99. The molecule has 2 aromatic carbocycles. The van der Waals surface area contributed by atoms with Gasteiger partial charge in [-0.3, -0.25) is 4.79 Å². The lowest BCUT2D eigenvalue weighted by molar-refractivity contribution is -0.277. The number of aliphatic hydroxyl groups excluding tert-OH is 4. The van der Waals surface area contributed by atoms with E-state index < -0.39 is 54.2 Å². The van der Waals surface area contributed by atoms with E-state index in [4.69, 9.17) is 18.6 Å². The monoisotopic (exact) mass is 530 g/mol. The lowest BCUT2D eigenvalue weighted by Gasteiger charge is -2.39. The van der Waals surface area contributed by atoms with Gasteiger partial charge in [-0.25, -0.2) is 0 Å². The summed E-state index contributed by atoms with van der Waals surface area (Å²) in [4.78, 5) is 13.2. The highest BCUT2D eigenvalue weighted by Crippen LogP contribution is 2.40. The first kappa shape index (κ1) is 27.4. The van der Waals surface area contributed by atoms with Crippen molar-refractivity contribution in [1.82, 2.24) is 0 Å². The minimum absolute atomic E-state index is 0.0497. The molecule has 0 radical (unpaired) electrons. The Hall–Kier alpha value is -3.61. The molecule has 0 bridgehead atoms. The maximum atomic E-state index is 13.2. The van der Waals surface area contributed by atoms with Crippen LogP contribution in [0.25, 0.3) is 22.3 Å². The van der Waals surface area contributed by atoms with Crippen LogP contribution in [-0.2, 0) is 11.2 Å². The summed E-state index contributed by atoms with van der Waals surface area (Å²) in [5.41, 5.74) is 0.627. The van der Waals surface area contributed by atoms with E-state index >= 15 is 0 Å². The van der Waals surface area contributed by atoms with Gasteiger partial charge in [-0.1, -0.05) is 11.6 Å². The second-order valence-electron chi connectivity index (χ2n) is 9.21. The van der Waals surface area contributed by atoms with E-state index in [9.17, 15) is 35.4 Å². The second kappa shape index (κ2) is 11.0. The van der Waals surface area contributed by atoms with Crippen molar-refractivity contribution in [3.8, 4) is 34.3 Å². The molecule has 11 heteroatoms. The van der Waals surface area contributed by atoms with Crippen molar-refractivity contribution in [2.75, 3.05) is 13.7 Å². The Morgan fingerprint density at radius 2 is 1.74 bits per heavy atom. The largest absolute Gasteiger partial charge is 0.507 e. The Labute approximate surface area is 217 Å². The van der Waals surface area contributed by atoms with Gasteiger partial charge in [0.1, 0.15) is 52.6 Å². The van der Waals surface area contributed by atoms with Gasteiger partial charge in [-0.15, -0.1) is 0 Å². The Kier molecular flexibility index (Phi) is 7.95. The average molecular weight is 531 g/mol. The van der Waals surface area contributed by atoms with Gasteiger partial charge in [0.25, 0.3) is 0 Å². The standard InChI is InChI=1S/C27H30O11/c1-12(2)4-9-15-17(36-27-24(34)22(32)20(30)18(11-28)37-27)10-16(29)19-21(31)23(33)25(38-26(15)19)13-5-7-14(35-3)8-6-13/h4-8,10,18,20,22,24,27-30,32-34H,9,11H2,1-3H3/t18?,20-,22-,24?,27-/m1/s1. The Morgan fingerprint density at radius 3 is 2.34 bits per heavy atom. The number of fused-ring (bicyclic) bond motifs is 1. The number of ether oxygens (including phenoxy) is 3. The van der Waals surface area contributed by atoms with Crippen molar-refractivity contribution in [3.63, 3.8) is 0 Å². The summed E-state index contributed by atoms with van der Waals surface area (Å²) in [6, 6.07) is 7.54. The zero-order chi connectivity index (χ0) is 27.7. The normalized spacial score (nSPS) is 23.3. The molecular formula is C27H30O11. The molecule has 38 heavy (non-hydrogen) atoms. The summed E-state index contributed by atoms with van der Waals surface area (Å²) in [5, 5.41) is 61.3. The smallest absolute Gasteiger partial charge is 0.238 e. The molecule has 2 heterocycles. The van der Waals surface area contributed by atoms with Crippen molar-refractivity contribution in [2.45, 2.75) is 51.0 Å². The summed E-state index contributed by atoms with van der Waals surface area (Å²) in [5.74, 6) is -0.910. The van der Waals surface area contributed by atoms with Crippen LogP contribution in [0.3, 0.4) is 0 Å². The van der Waals surface area contributed by atoms with E-state index in [1.807, 2.05) is 19.9 Å².